The van der Waals surface area contributed by atoms with E-state index in [1.54, 1.807) is 0 Å². The van der Waals surface area contributed by atoms with Crippen LogP contribution in [0.3, 0.4) is 0 Å². The summed E-state index contributed by atoms with van der Waals surface area (Å²) >= 11 is 0. The van der Waals surface area contributed by atoms with Gasteiger partial charge < -0.3 is 4.74 Å². The molecule has 0 N–H and O–H groups in total. The molecule has 2 rings (SSSR count). The zero-order valence-corrected chi connectivity index (χ0v) is 9.46. The van der Waals surface area contributed by atoms with Gasteiger partial charge in [-0.05, 0) is 37.2 Å². The van der Waals surface area contributed by atoms with Gasteiger partial charge in [0.05, 0.1) is 12.4 Å². The average Bonchev–Trinajstić information content (AvgIpc) is 2.21. The van der Waals surface area contributed by atoms with Crippen molar-refractivity contribution >= 4 is 0 Å². The molecule has 0 saturated heterocycles. The first kappa shape index (κ1) is 10.1. The zero-order valence-electron chi connectivity index (χ0n) is 9.46. The zero-order chi connectivity index (χ0) is 9.97. The van der Waals surface area contributed by atoms with Gasteiger partial charge in [0.1, 0.15) is 0 Å². The molecule has 1 heterocycles. The molecule has 0 radical (unpaired) electrons. The molecule has 0 aromatic carbocycles. The lowest BCUT2D eigenvalue weighted by Gasteiger charge is -2.31. The van der Waals surface area contributed by atoms with E-state index in [1.807, 2.05) is 0 Å². The van der Waals surface area contributed by atoms with Gasteiger partial charge in [0.25, 0.3) is 0 Å². The summed E-state index contributed by atoms with van der Waals surface area (Å²) in [5.41, 5.74) is 0. The molecule has 1 unspecified atom stereocenters. The highest BCUT2D eigenvalue weighted by Crippen LogP contribution is 2.35. The Labute approximate surface area is 87.5 Å². The van der Waals surface area contributed by atoms with Crippen molar-refractivity contribution < 1.29 is 4.74 Å². The fraction of sp³-hybridized carbons (Fsp3) is 0.846. The van der Waals surface area contributed by atoms with Gasteiger partial charge in [0, 0.05) is 5.92 Å². The van der Waals surface area contributed by atoms with Crippen molar-refractivity contribution in [3.8, 4) is 0 Å². The maximum Gasteiger partial charge on any atom is 0.0951 e. The highest BCUT2D eigenvalue weighted by molar-refractivity contribution is 5.03. The van der Waals surface area contributed by atoms with Gasteiger partial charge >= 0.3 is 0 Å². The molecule has 1 aliphatic heterocycles. The minimum atomic E-state index is 0.723. The van der Waals surface area contributed by atoms with Crippen LogP contribution in [0.5, 0.6) is 0 Å². The van der Waals surface area contributed by atoms with Gasteiger partial charge in [-0.25, -0.2) is 0 Å². The molecule has 2 aliphatic rings. The molecule has 0 aromatic rings. The maximum atomic E-state index is 5.83. The summed E-state index contributed by atoms with van der Waals surface area (Å²) in [5.74, 6) is 3.73. The topological polar surface area (TPSA) is 9.23 Å². The summed E-state index contributed by atoms with van der Waals surface area (Å²) in [6.45, 7) is 5.57. The van der Waals surface area contributed by atoms with Crippen LogP contribution in [0.1, 0.15) is 46.0 Å². The first-order valence-corrected chi connectivity index (χ1v) is 6.08. The van der Waals surface area contributed by atoms with Gasteiger partial charge in [-0.1, -0.05) is 26.7 Å². The molecule has 1 fully saturated rings. The molecular formula is C13H22O. The molecule has 1 heteroatoms. The maximum absolute atomic E-state index is 5.83. The fourth-order valence-corrected chi connectivity index (χ4v) is 2.51. The smallest absolute Gasteiger partial charge is 0.0951 e. The van der Waals surface area contributed by atoms with Crippen molar-refractivity contribution in [3.63, 3.8) is 0 Å². The number of rotatable bonds is 1. The molecule has 1 aliphatic carbocycles. The van der Waals surface area contributed by atoms with Crippen LogP contribution in [-0.4, -0.2) is 6.61 Å². The van der Waals surface area contributed by atoms with Gasteiger partial charge in [-0.2, -0.15) is 0 Å². The Bertz CT molecular complexity index is 211. The Morgan fingerprint density at radius 2 is 1.79 bits per heavy atom. The van der Waals surface area contributed by atoms with Crippen molar-refractivity contribution in [2.75, 3.05) is 6.61 Å². The quantitative estimate of drug-likeness (QED) is 0.617. The summed E-state index contributed by atoms with van der Waals surface area (Å²) < 4.78 is 5.83. The van der Waals surface area contributed by atoms with E-state index in [4.69, 9.17) is 4.74 Å². The summed E-state index contributed by atoms with van der Waals surface area (Å²) in [5, 5.41) is 0. The summed E-state index contributed by atoms with van der Waals surface area (Å²) in [7, 11) is 0. The molecule has 0 aromatic heterocycles. The molecule has 80 valence electrons. The minimum Gasteiger partial charge on any atom is -0.498 e. The van der Waals surface area contributed by atoms with Crippen LogP contribution in [0, 0.1) is 17.8 Å². The summed E-state index contributed by atoms with van der Waals surface area (Å²) in [6, 6.07) is 0. The number of ether oxygens (including phenoxy) is 1. The molecule has 14 heavy (non-hydrogen) atoms. The summed E-state index contributed by atoms with van der Waals surface area (Å²) in [6.07, 6.45) is 9.04. The van der Waals surface area contributed by atoms with Crippen molar-refractivity contribution in [3.05, 3.63) is 11.8 Å². The second-order valence-electron chi connectivity index (χ2n) is 5.22. The highest BCUT2D eigenvalue weighted by atomic mass is 16.5. The summed E-state index contributed by atoms with van der Waals surface area (Å²) in [4.78, 5) is 0. The Morgan fingerprint density at radius 1 is 1.07 bits per heavy atom. The Kier molecular flexibility index (Phi) is 3.15. The Hall–Kier alpha value is -0.460. The lowest BCUT2D eigenvalue weighted by molar-refractivity contribution is 0.110. The second kappa shape index (κ2) is 4.37. The van der Waals surface area contributed by atoms with Gasteiger partial charge in [-0.15, -0.1) is 0 Å². The SMILES string of the molecule is CC1CCC(C2=CCC(C)CO2)CC1. The van der Waals surface area contributed by atoms with E-state index in [1.165, 1.54) is 37.9 Å². The Morgan fingerprint density at radius 3 is 2.36 bits per heavy atom. The van der Waals surface area contributed by atoms with E-state index < -0.39 is 0 Å². The Balaban J connectivity index is 1.89. The van der Waals surface area contributed by atoms with Gasteiger partial charge in [-0.3, -0.25) is 0 Å². The molecule has 1 saturated carbocycles. The predicted molar refractivity (Wildman–Crippen MR) is 58.9 cm³/mol. The standard InChI is InChI=1S/C13H22O/c1-10-3-6-12(7-4-10)13-8-5-11(2)9-14-13/h8,10-12H,3-7,9H2,1-2H3. The van der Waals surface area contributed by atoms with Crippen molar-refractivity contribution in [2.45, 2.75) is 46.0 Å². The normalized spacial score (nSPS) is 38.7. The predicted octanol–water partition coefficient (Wildman–Crippen LogP) is 3.75. The van der Waals surface area contributed by atoms with Gasteiger partial charge in [0.15, 0.2) is 0 Å². The van der Waals surface area contributed by atoms with E-state index >= 15 is 0 Å². The number of allylic oxidation sites excluding steroid dienone is 2. The molecule has 0 spiro atoms. The van der Waals surface area contributed by atoms with E-state index in [9.17, 15) is 0 Å². The third-order valence-corrected chi connectivity index (χ3v) is 3.67. The van der Waals surface area contributed by atoms with E-state index in [0.29, 0.717) is 0 Å². The van der Waals surface area contributed by atoms with Crippen LogP contribution in [-0.2, 0) is 4.74 Å². The third kappa shape index (κ3) is 2.31. The lowest BCUT2D eigenvalue weighted by atomic mass is 9.81. The fourth-order valence-electron chi connectivity index (χ4n) is 2.51. The molecule has 1 atom stereocenters. The van der Waals surface area contributed by atoms with Crippen LogP contribution in [0.25, 0.3) is 0 Å². The molecule has 1 nitrogen and oxygen atoms in total. The highest BCUT2D eigenvalue weighted by Gasteiger charge is 2.24. The van der Waals surface area contributed by atoms with E-state index in [2.05, 4.69) is 19.9 Å². The van der Waals surface area contributed by atoms with Crippen LogP contribution in [0.2, 0.25) is 0 Å². The average molecular weight is 194 g/mol. The third-order valence-electron chi connectivity index (χ3n) is 3.67. The monoisotopic (exact) mass is 194 g/mol. The number of hydrogen-bond acceptors (Lipinski definition) is 1. The van der Waals surface area contributed by atoms with Crippen LogP contribution < -0.4 is 0 Å². The lowest BCUT2D eigenvalue weighted by Crippen LogP contribution is -2.20. The van der Waals surface area contributed by atoms with Crippen LogP contribution >= 0.6 is 0 Å². The molecule has 0 amide bonds. The van der Waals surface area contributed by atoms with E-state index in [0.717, 1.165) is 24.4 Å². The van der Waals surface area contributed by atoms with Crippen molar-refractivity contribution in [1.29, 1.82) is 0 Å². The number of hydrogen-bond donors (Lipinski definition) is 0. The first-order valence-electron chi connectivity index (χ1n) is 6.08. The van der Waals surface area contributed by atoms with Crippen LogP contribution in [0.4, 0.5) is 0 Å². The molecule has 0 bridgehead atoms. The van der Waals surface area contributed by atoms with E-state index in [-0.39, 0.29) is 0 Å². The second-order valence-corrected chi connectivity index (χ2v) is 5.22. The first-order chi connectivity index (χ1) is 6.75. The van der Waals surface area contributed by atoms with Crippen molar-refractivity contribution in [2.24, 2.45) is 17.8 Å². The molecular weight excluding hydrogens is 172 g/mol. The van der Waals surface area contributed by atoms with Crippen molar-refractivity contribution in [1.82, 2.24) is 0 Å². The largest absolute Gasteiger partial charge is 0.498 e. The van der Waals surface area contributed by atoms with Gasteiger partial charge in [0.2, 0.25) is 0 Å². The van der Waals surface area contributed by atoms with Crippen LogP contribution in [0.15, 0.2) is 11.8 Å². The minimum absolute atomic E-state index is 0.723.